The minimum Gasteiger partial charge on any atom is -0.418 e. The molecule has 0 radical (unpaired) electrons. The van der Waals surface area contributed by atoms with Crippen LogP contribution in [0.1, 0.15) is 5.56 Å². The van der Waals surface area contributed by atoms with Gasteiger partial charge in [-0.15, -0.1) is 0 Å². The van der Waals surface area contributed by atoms with Crippen molar-refractivity contribution in [3.05, 3.63) is 31.6 Å². The molecule has 12 heteroatoms. The molecule has 2 nitrogen and oxygen atoms in total. The van der Waals surface area contributed by atoms with Gasteiger partial charge in [0.2, 0.25) is 5.39 Å². The average molecular weight is 418 g/mol. The fourth-order valence-corrected chi connectivity index (χ4v) is 2.17. The Hall–Kier alpha value is -0.825. The Labute approximate surface area is 119 Å². The lowest BCUT2D eigenvalue weighted by Crippen LogP contribution is -2.04. The number of nitrogens with zero attached hydrogens (tertiary/aromatic N) is 2. The molecule has 0 amide bonds. The largest absolute Gasteiger partial charge is 0.673 e. The van der Waals surface area contributed by atoms with Crippen LogP contribution in [0.25, 0.3) is 4.98 Å². The van der Waals surface area contributed by atoms with Gasteiger partial charge in [0.25, 0.3) is 0 Å². The van der Waals surface area contributed by atoms with E-state index in [0.29, 0.717) is 0 Å². The van der Waals surface area contributed by atoms with Crippen molar-refractivity contribution in [1.82, 2.24) is 0 Å². The molecule has 0 N–H and O–H groups in total. The molecular formula is C7H2BBr2F7N2. The molecule has 0 aromatic heterocycles. The molecule has 0 bridgehead atoms. The van der Waals surface area contributed by atoms with Gasteiger partial charge in [0.05, 0.1) is 5.56 Å². The first-order chi connectivity index (χ1) is 8.36. The lowest BCUT2D eigenvalue weighted by Gasteiger charge is -2.05. The van der Waals surface area contributed by atoms with E-state index >= 15 is 0 Å². The highest BCUT2D eigenvalue weighted by atomic mass is 79.9. The Morgan fingerprint density at radius 2 is 1.32 bits per heavy atom. The first-order valence-corrected chi connectivity index (χ1v) is 5.73. The summed E-state index contributed by atoms with van der Waals surface area (Å²) in [6, 6.07) is 1.69. The fraction of sp³-hybridized carbons (Fsp3) is 0.143. The first-order valence-electron chi connectivity index (χ1n) is 4.15. The molecule has 1 aromatic rings. The second-order valence-electron chi connectivity index (χ2n) is 2.88. The smallest absolute Gasteiger partial charge is 0.418 e. The van der Waals surface area contributed by atoms with Crippen LogP contribution in [0.3, 0.4) is 0 Å². The highest BCUT2D eigenvalue weighted by Gasteiger charge is 2.33. The van der Waals surface area contributed by atoms with Crippen LogP contribution in [0.4, 0.5) is 36.1 Å². The predicted molar refractivity (Wildman–Crippen MR) is 61.8 cm³/mol. The molecule has 19 heavy (non-hydrogen) atoms. The standard InChI is InChI=1S/C7H2Br2F3N2.BF4/c8-4-1-3(7(10,11)12)2-5(9)6(4)14-13;2-1(3,4)5/h1-2H;/q+1;-1. The second-order valence-corrected chi connectivity index (χ2v) is 4.59. The number of hydrogen-bond acceptors (Lipinski definition) is 1. The van der Waals surface area contributed by atoms with Gasteiger partial charge in [-0.1, -0.05) is 0 Å². The lowest BCUT2D eigenvalue weighted by atomic mass is 10.2. The summed E-state index contributed by atoms with van der Waals surface area (Å²) in [5.41, 5.74) is -0.790. The summed E-state index contributed by atoms with van der Waals surface area (Å²) >= 11 is 5.73. The topological polar surface area (TPSA) is 28.1 Å². The Kier molecular flexibility index (Phi) is 6.27. The zero-order chi connectivity index (χ0) is 15.4. The zero-order valence-electron chi connectivity index (χ0n) is 8.53. The van der Waals surface area contributed by atoms with Crippen molar-refractivity contribution in [2.75, 3.05) is 0 Å². The molecule has 0 aliphatic heterocycles. The molecule has 0 aliphatic carbocycles. The van der Waals surface area contributed by atoms with Gasteiger partial charge in [0.15, 0.2) is 4.98 Å². The van der Waals surface area contributed by atoms with Crippen LogP contribution >= 0.6 is 31.9 Å². The number of hydrogen-bond donors (Lipinski definition) is 0. The molecule has 106 valence electrons. The molecule has 0 saturated carbocycles. The molecule has 1 rings (SSSR count). The molecule has 0 atom stereocenters. The van der Waals surface area contributed by atoms with Crippen LogP contribution in [-0.4, -0.2) is 7.25 Å². The molecule has 0 saturated heterocycles. The monoisotopic (exact) mass is 416 g/mol. The minimum atomic E-state index is -6.00. The van der Waals surface area contributed by atoms with Crippen LogP contribution in [0.5, 0.6) is 0 Å². The van der Waals surface area contributed by atoms with Crippen LogP contribution in [-0.2, 0) is 6.18 Å². The molecule has 0 fully saturated rings. The van der Waals surface area contributed by atoms with E-state index < -0.39 is 19.0 Å². The normalized spacial score (nSPS) is 11.4. The maximum atomic E-state index is 12.2. The van der Waals surface area contributed by atoms with Gasteiger partial charge >= 0.3 is 19.1 Å². The van der Waals surface area contributed by atoms with E-state index in [0.717, 1.165) is 12.1 Å². The summed E-state index contributed by atoms with van der Waals surface area (Å²) in [7, 11) is -6.00. The van der Waals surface area contributed by atoms with E-state index in [1.165, 1.54) is 0 Å². The number of rotatable bonds is 0. The zero-order valence-corrected chi connectivity index (χ0v) is 11.7. The summed E-state index contributed by atoms with van der Waals surface area (Å²) in [5, 5.41) is 8.48. The van der Waals surface area contributed by atoms with E-state index in [4.69, 9.17) is 5.39 Å². The third kappa shape index (κ3) is 7.36. The third-order valence-electron chi connectivity index (χ3n) is 1.44. The quantitative estimate of drug-likeness (QED) is 0.288. The molecule has 0 aliphatic rings. The van der Waals surface area contributed by atoms with Gasteiger partial charge in [0, 0.05) is 0 Å². The molecule has 0 spiro atoms. The third-order valence-corrected chi connectivity index (χ3v) is 2.65. The van der Waals surface area contributed by atoms with E-state index in [9.17, 15) is 30.4 Å². The van der Waals surface area contributed by atoms with E-state index in [1.807, 2.05) is 0 Å². The van der Waals surface area contributed by atoms with Gasteiger partial charge in [-0.05, 0) is 44.0 Å². The SMILES string of the molecule is F[B-](F)(F)F.N#[N+]c1c(Br)cc(C(F)(F)F)cc1Br. The van der Waals surface area contributed by atoms with Gasteiger partial charge in [-0.25, -0.2) is 0 Å². The van der Waals surface area contributed by atoms with Gasteiger partial charge in [-0.2, -0.15) is 13.2 Å². The Balaban J connectivity index is 0.000000555. The highest BCUT2D eigenvalue weighted by molar-refractivity contribution is 9.11. The fourth-order valence-electron chi connectivity index (χ4n) is 0.825. The van der Waals surface area contributed by atoms with Crippen LogP contribution in [0.15, 0.2) is 21.1 Å². The van der Waals surface area contributed by atoms with Crippen LogP contribution in [0.2, 0.25) is 0 Å². The first kappa shape index (κ1) is 18.2. The summed E-state index contributed by atoms with van der Waals surface area (Å²) in [4.78, 5) is 2.83. The molecular weight excluding hydrogens is 416 g/mol. The minimum absolute atomic E-state index is 0.0259. The van der Waals surface area contributed by atoms with Crippen molar-refractivity contribution in [2.24, 2.45) is 0 Å². The van der Waals surface area contributed by atoms with Crippen LogP contribution in [0, 0.1) is 5.39 Å². The van der Waals surface area contributed by atoms with Crippen molar-refractivity contribution in [2.45, 2.75) is 6.18 Å². The van der Waals surface area contributed by atoms with Crippen molar-refractivity contribution >= 4 is 44.8 Å². The van der Waals surface area contributed by atoms with Crippen molar-refractivity contribution in [3.63, 3.8) is 0 Å². The maximum Gasteiger partial charge on any atom is 0.673 e. The number of diazo groups is 1. The molecule has 0 unspecified atom stereocenters. The Morgan fingerprint density at radius 1 is 1.00 bits per heavy atom. The highest BCUT2D eigenvalue weighted by Crippen LogP contribution is 2.40. The molecule has 1 aromatic carbocycles. The van der Waals surface area contributed by atoms with E-state index in [-0.39, 0.29) is 14.6 Å². The van der Waals surface area contributed by atoms with E-state index in [1.54, 1.807) is 0 Å². The second kappa shape index (κ2) is 6.56. The van der Waals surface area contributed by atoms with Crippen molar-refractivity contribution < 1.29 is 30.4 Å². The van der Waals surface area contributed by atoms with Crippen molar-refractivity contribution in [1.29, 1.82) is 5.39 Å². The van der Waals surface area contributed by atoms with Gasteiger partial charge < -0.3 is 17.3 Å². The van der Waals surface area contributed by atoms with Crippen molar-refractivity contribution in [3.8, 4) is 0 Å². The average Bonchev–Trinajstić information content (AvgIpc) is 2.12. The summed E-state index contributed by atoms with van der Waals surface area (Å²) in [5.74, 6) is 0. The number of alkyl halides is 3. The Bertz CT molecular complexity index is 465. The van der Waals surface area contributed by atoms with Gasteiger partial charge in [-0.3, -0.25) is 0 Å². The molecule has 0 heterocycles. The number of halogens is 9. The van der Waals surface area contributed by atoms with Crippen LogP contribution < -0.4 is 0 Å². The van der Waals surface area contributed by atoms with E-state index in [2.05, 4.69) is 36.8 Å². The van der Waals surface area contributed by atoms with Gasteiger partial charge in [0.1, 0.15) is 8.95 Å². The lowest BCUT2D eigenvalue weighted by molar-refractivity contribution is -0.137. The predicted octanol–water partition coefficient (Wildman–Crippen LogP) is 6.01. The summed E-state index contributed by atoms with van der Waals surface area (Å²) in [6.07, 6.45) is -4.42. The summed E-state index contributed by atoms with van der Waals surface area (Å²) in [6.45, 7) is 0. The maximum absolute atomic E-state index is 12.2. The summed E-state index contributed by atoms with van der Waals surface area (Å²) < 4.78 is 75.9. The Morgan fingerprint density at radius 3 is 1.53 bits per heavy atom. The number of benzene rings is 1.